The fraction of sp³-hybridized carbons (Fsp3) is 0.471. The van der Waals surface area contributed by atoms with E-state index in [1.807, 2.05) is 13.8 Å². The highest BCUT2D eigenvalue weighted by molar-refractivity contribution is 5.98. The minimum absolute atomic E-state index is 0.0222. The highest BCUT2D eigenvalue weighted by Crippen LogP contribution is 2.17. The normalized spacial score (nSPS) is 10.1. The fourth-order valence-electron chi connectivity index (χ4n) is 2.14. The Kier molecular flexibility index (Phi) is 6.75. The lowest BCUT2D eigenvalue weighted by atomic mass is 10.1. The van der Waals surface area contributed by atoms with Crippen molar-refractivity contribution in [2.75, 3.05) is 38.6 Å². The van der Waals surface area contributed by atoms with Gasteiger partial charge in [0, 0.05) is 45.4 Å². The summed E-state index contributed by atoms with van der Waals surface area (Å²) in [5, 5.41) is 0. The molecule has 0 aliphatic carbocycles. The second kappa shape index (κ2) is 8.31. The maximum Gasteiger partial charge on any atom is 0.253 e. The van der Waals surface area contributed by atoms with Gasteiger partial charge in [0.2, 0.25) is 11.8 Å². The van der Waals surface area contributed by atoms with Gasteiger partial charge in [-0.1, -0.05) is 0 Å². The van der Waals surface area contributed by atoms with Crippen molar-refractivity contribution in [3.8, 4) is 0 Å². The fourth-order valence-corrected chi connectivity index (χ4v) is 2.14. The van der Waals surface area contributed by atoms with E-state index in [0.29, 0.717) is 24.3 Å². The summed E-state index contributed by atoms with van der Waals surface area (Å²) in [6.45, 7) is 6.55. The third kappa shape index (κ3) is 4.81. The van der Waals surface area contributed by atoms with Crippen molar-refractivity contribution in [2.45, 2.75) is 20.8 Å². The average Bonchev–Trinajstić information content (AvgIpc) is 2.53. The first-order valence-electron chi connectivity index (χ1n) is 7.69. The van der Waals surface area contributed by atoms with Crippen LogP contribution in [0, 0.1) is 0 Å². The van der Waals surface area contributed by atoms with Crippen LogP contribution in [0.4, 0.5) is 5.69 Å². The molecule has 1 rings (SSSR count). The second-order valence-electron chi connectivity index (χ2n) is 5.42. The molecule has 1 aromatic carbocycles. The Hall–Kier alpha value is -2.37. The summed E-state index contributed by atoms with van der Waals surface area (Å²) in [6, 6.07) is 6.76. The number of hydrogen-bond acceptors (Lipinski definition) is 3. The quantitative estimate of drug-likeness (QED) is 0.800. The van der Waals surface area contributed by atoms with E-state index in [9.17, 15) is 14.4 Å². The summed E-state index contributed by atoms with van der Waals surface area (Å²) in [5.74, 6) is -0.424. The van der Waals surface area contributed by atoms with Crippen LogP contribution in [0.1, 0.15) is 31.1 Å². The van der Waals surface area contributed by atoms with Crippen molar-refractivity contribution in [3.63, 3.8) is 0 Å². The van der Waals surface area contributed by atoms with Crippen molar-refractivity contribution in [3.05, 3.63) is 29.8 Å². The van der Waals surface area contributed by atoms with E-state index in [2.05, 4.69) is 0 Å². The van der Waals surface area contributed by atoms with Gasteiger partial charge in [-0.25, -0.2) is 0 Å². The van der Waals surface area contributed by atoms with E-state index in [-0.39, 0.29) is 24.3 Å². The number of likely N-dealkylation sites (N-methyl/N-ethyl adjacent to an activating group) is 1. The lowest BCUT2D eigenvalue weighted by Gasteiger charge is -2.23. The molecule has 23 heavy (non-hydrogen) atoms. The van der Waals surface area contributed by atoms with E-state index in [4.69, 9.17) is 0 Å². The molecule has 0 atom stereocenters. The zero-order valence-electron chi connectivity index (χ0n) is 14.5. The summed E-state index contributed by atoms with van der Waals surface area (Å²) < 4.78 is 0. The molecule has 126 valence electrons. The number of carbonyl (C=O) groups excluding carboxylic acids is 3. The van der Waals surface area contributed by atoms with Crippen LogP contribution in [0.5, 0.6) is 0 Å². The molecule has 0 unspecified atom stereocenters. The van der Waals surface area contributed by atoms with Crippen LogP contribution in [0.2, 0.25) is 0 Å². The average molecular weight is 319 g/mol. The van der Waals surface area contributed by atoms with Crippen LogP contribution < -0.4 is 4.90 Å². The molecule has 1 aromatic rings. The lowest BCUT2D eigenvalue weighted by molar-refractivity contribution is -0.129. The largest absolute Gasteiger partial charge is 0.347 e. The van der Waals surface area contributed by atoms with Gasteiger partial charge in [0.15, 0.2) is 0 Å². The van der Waals surface area contributed by atoms with Crippen LogP contribution in [-0.2, 0) is 9.59 Å². The predicted molar refractivity (Wildman–Crippen MR) is 90.4 cm³/mol. The Morgan fingerprint density at radius 3 is 1.87 bits per heavy atom. The number of benzene rings is 1. The summed E-state index contributed by atoms with van der Waals surface area (Å²) in [4.78, 5) is 40.5. The molecular formula is C17H25N3O3. The van der Waals surface area contributed by atoms with Gasteiger partial charge < -0.3 is 14.7 Å². The molecule has 0 aromatic heterocycles. The van der Waals surface area contributed by atoms with E-state index >= 15 is 0 Å². The van der Waals surface area contributed by atoms with Crippen molar-refractivity contribution < 1.29 is 14.4 Å². The number of carbonyl (C=O) groups is 3. The number of hydrogen-bond donors (Lipinski definition) is 0. The smallest absolute Gasteiger partial charge is 0.253 e. The molecule has 0 aliphatic rings. The molecule has 6 nitrogen and oxygen atoms in total. The van der Waals surface area contributed by atoms with Gasteiger partial charge in [-0.3, -0.25) is 14.4 Å². The molecule has 0 radical (unpaired) electrons. The second-order valence-corrected chi connectivity index (χ2v) is 5.42. The zero-order chi connectivity index (χ0) is 17.6. The summed E-state index contributed by atoms with van der Waals surface area (Å²) in [6.07, 6.45) is 0. The number of anilines is 1. The van der Waals surface area contributed by atoms with Crippen molar-refractivity contribution in [2.24, 2.45) is 0 Å². The molecule has 0 saturated heterocycles. The molecule has 6 heteroatoms. The molecule has 0 aliphatic heterocycles. The maximum absolute atomic E-state index is 12.3. The summed E-state index contributed by atoms with van der Waals surface area (Å²) in [5.41, 5.74) is 1.17. The Balaban J connectivity index is 2.98. The molecule has 0 saturated carbocycles. The van der Waals surface area contributed by atoms with Gasteiger partial charge >= 0.3 is 0 Å². The Labute approximate surface area is 137 Å². The monoisotopic (exact) mass is 319 g/mol. The van der Waals surface area contributed by atoms with E-state index in [1.165, 1.54) is 16.7 Å². The molecule has 0 N–H and O–H groups in total. The van der Waals surface area contributed by atoms with E-state index < -0.39 is 0 Å². The minimum Gasteiger partial charge on any atom is -0.347 e. The first kappa shape index (κ1) is 18.7. The van der Waals surface area contributed by atoms with Gasteiger partial charge in [-0.2, -0.15) is 0 Å². The minimum atomic E-state index is -0.219. The SMILES string of the molecule is CCN(CC)C(=O)c1ccc(N(CC(=O)N(C)C)C(C)=O)cc1. The van der Waals surface area contributed by atoms with E-state index in [1.54, 1.807) is 43.3 Å². The molecule has 0 spiro atoms. The van der Waals surface area contributed by atoms with Crippen LogP contribution in [0.3, 0.4) is 0 Å². The van der Waals surface area contributed by atoms with Gasteiger partial charge in [-0.05, 0) is 38.1 Å². The third-order valence-electron chi connectivity index (χ3n) is 3.65. The lowest BCUT2D eigenvalue weighted by Crippen LogP contribution is -2.39. The van der Waals surface area contributed by atoms with Crippen LogP contribution in [0.15, 0.2) is 24.3 Å². The van der Waals surface area contributed by atoms with Crippen molar-refractivity contribution in [1.29, 1.82) is 0 Å². The van der Waals surface area contributed by atoms with Gasteiger partial charge in [-0.15, -0.1) is 0 Å². The predicted octanol–water partition coefficient (Wildman–Crippen LogP) is 1.61. The first-order chi connectivity index (χ1) is 10.8. The third-order valence-corrected chi connectivity index (χ3v) is 3.65. The maximum atomic E-state index is 12.3. The summed E-state index contributed by atoms with van der Waals surface area (Å²) >= 11 is 0. The molecule has 3 amide bonds. The highest BCUT2D eigenvalue weighted by Gasteiger charge is 2.18. The standard InChI is InChI=1S/C17H25N3O3/c1-6-19(7-2)17(23)14-8-10-15(11-9-14)20(13(3)21)12-16(22)18(4)5/h8-11H,6-7,12H2,1-5H3. The van der Waals surface area contributed by atoms with Gasteiger partial charge in [0.25, 0.3) is 5.91 Å². The number of amides is 3. The highest BCUT2D eigenvalue weighted by atomic mass is 16.2. The molecular weight excluding hydrogens is 294 g/mol. The molecule has 0 bridgehead atoms. The summed E-state index contributed by atoms with van der Waals surface area (Å²) in [7, 11) is 3.29. The number of rotatable bonds is 6. The topological polar surface area (TPSA) is 60.9 Å². The van der Waals surface area contributed by atoms with Gasteiger partial charge in [0.1, 0.15) is 6.54 Å². The van der Waals surface area contributed by atoms with Crippen LogP contribution in [-0.4, -0.2) is 61.3 Å². The Morgan fingerprint density at radius 2 is 1.48 bits per heavy atom. The van der Waals surface area contributed by atoms with E-state index in [0.717, 1.165) is 0 Å². The first-order valence-corrected chi connectivity index (χ1v) is 7.69. The number of nitrogens with zero attached hydrogens (tertiary/aromatic N) is 3. The zero-order valence-corrected chi connectivity index (χ0v) is 14.5. The van der Waals surface area contributed by atoms with Crippen LogP contribution in [0.25, 0.3) is 0 Å². The van der Waals surface area contributed by atoms with Crippen molar-refractivity contribution >= 4 is 23.4 Å². The Bertz CT molecular complexity index is 563. The Morgan fingerprint density at radius 1 is 0.957 bits per heavy atom. The molecule has 0 heterocycles. The van der Waals surface area contributed by atoms with Crippen LogP contribution >= 0.6 is 0 Å². The van der Waals surface area contributed by atoms with Gasteiger partial charge in [0.05, 0.1) is 0 Å². The molecule has 0 fully saturated rings. The van der Waals surface area contributed by atoms with Crippen molar-refractivity contribution in [1.82, 2.24) is 9.80 Å².